The second-order valence-electron chi connectivity index (χ2n) is 5.28. The van der Waals surface area contributed by atoms with E-state index >= 15 is 0 Å². The summed E-state index contributed by atoms with van der Waals surface area (Å²) < 4.78 is 0.354. The van der Waals surface area contributed by atoms with E-state index in [0.29, 0.717) is 22.5 Å². The van der Waals surface area contributed by atoms with E-state index in [1.807, 2.05) is 0 Å². The van der Waals surface area contributed by atoms with Gasteiger partial charge in [-0.25, -0.2) is 0 Å². The predicted octanol–water partition coefficient (Wildman–Crippen LogP) is 1.77. The van der Waals surface area contributed by atoms with E-state index in [4.69, 9.17) is 5.73 Å². The molecule has 6 heteroatoms. The van der Waals surface area contributed by atoms with Crippen molar-refractivity contribution in [3.63, 3.8) is 0 Å². The van der Waals surface area contributed by atoms with Crippen LogP contribution in [0.5, 0.6) is 0 Å². The summed E-state index contributed by atoms with van der Waals surface area (Å²) in [6.07, 6.45) is 7.36. The van der Waals surface area contributed by atoms with Crippen molar-refractivity contribution in [2.75, 3.05) is 6.54 Å². The maximum absolute atomic E-state index is 12.2. The molecule has 1 aromatic heterocycles. The topological polar surface area (TPSA) is 88.0 Å². The van der Waals surface area contributed by atoms with Gasteiger partial charge in [-0.3, -0.25) is 9.59 Å². The molecule has 0 aromatic carbocycles. The minimum atomic E-state index is -0.246. The highest BCUT2D eigenvalue weighted by molar-refractivity contribution is 9.10. The first-order valence-electron chi connectivity index (χ1n) is 7.01. The van der Waals surface area contributed by atoms with E-state index in [1.54, 1.807) is 0 Å². The van der Waals surface area contributed by atoms with E-state index in [-0.39, 0.29) is 17.5 Å². The lowest BCUT2D eigenvalue weighted by Gasteiger charge is -2.30. The van der Waals surface area contributed by atoms with E-state index < -0.39 is 0 Å². The number of pyridine rings is 1. The average molecular weight is 342 g/mol. The third-order valence-electron chi connectivity index (χ3n) is 3.91. The maximum atomic E-state index is 12.2. The zero-order valence-corrected chi connectivity index (χ0v) is 12.9. The average Bonchev–Trinajstić information content (AvgIpc) is 2.48. The molecule has 5 nitrogen and oxygen atoms in total. The number of rotatable bonds is 4. The Morgan fingerprint density at radius 2 is 2.15 bits per heavy atom. The third-order valence-corrected chi connectivity index (χ3v) is 4.50. The number of carbonyl (C=O) groups is 1. The second kappa shape index (κ2) is 7.04. The Morgan fingerprint density at radius 3 is 2.75 bits per heavy atom. The van der Waals surface area contributed by atoms with Crippen molar-refractivity contribution in [1.82, 2.24) is 10.3 Å². The summed E-state index contributed by atoms with van der Waals surface area (Å²) in [4.78, 5) is 26.0. The number of hydrogen-bond donors (Lipinski definition) is 3. The molecule has 0 aliphatic heterocycles. The second-order valence-corrected chi connectivity index (χ2v) is 6.13. The van der Waals surface area contributed by atoms with E-state index in [2.05, 4.69) is 26.2 Å². The number of nitrogens with one attached hydrogen (secondary N) is 2. The molecule has 110 valence electrons. The molecule has 1 amide bonds. The lowest BCUT2D eigenvalue weighted by Crippen LogP contribution is -2.46. The Morgan fingerprint density at radius 1 is 1.45 bits per heavy atom. The highest BCUT2D eigenvalue weighted by Crippen LogP contribution is 2.26. The van der Waals surface area contributed by atoms with Crippen LogP contribution in [0.4, 0.5) is 0 Å². The van der Waals surface area contributed by atoms with Crippen LogP contribution in [-0.2, 0) is 0 Å². The van der Waals surface area contributed by atoms with Gasteiger partial charge in [0.25, 0.3) is 11.5 Å². The summed E-state index contributed by atoms with van der Waals surface area (Å²) in [5.41, 5.74) is 5.99. The lowest BCUT2D eigenvalue weighted by molar-refractivity contribution is 0.0915. The molecular formula is C14H20BrN3O2. The van der Waals surface area contributed by atoms with Crippen LogP contribution in [0.1, 0.15) is 42.5 Å². The van der Waals surface area contributed by atoms with Crippen molar-refractivity contribution in [3.8, 4) is 0 Å². The Hall–Kier alpha value is -1.14. The number of aromatic nitrogens is 1. The fraction of sp³-hybridized carbons (Fsp3) is 0.571. The predicted molar refractivity (Wildman–Crippen MR) is 81.6 cm³/mol. The fourth-order valence-corrected chi connectivity index (χ4v) is 3.11. The first-order valence-corrected chi connectivity index (χ1v) is 7.80. The fourth-order valence-electron chi connectivity index (χ4n) is 2.74. The molecule has 20 heavy (non-hydrogen) atoms. The van der Waals surface area contributed by atoms with E-state index in [0.717, 1.165) is 12.8 Å². The van der Waals surface area contributed by atoms with Gasteiger partial charge in [-0.05, 0) is 40.8 Å². The summed E-state index contributed by atoms with van der Waals surface area (Å²) in [6.45, 7) is 0.445. The van der Waals surface area contributed by atoms with Crippen molar-refractivity contribution >= 4 is 21.8 Å². The quantitative estimate of drug-likeness (QED) is 0.779. The van der Waals surface area contributed by atoms with Crippen LogP contribution in [0.15, 0.2) is 21.5 Å². The van der Waals surface area contributed by atoms with Crippen LogP contribution in [0, 0.1) is 5.92 Å². The molecule has 1 saturated carbocycles. The Bertz CT molecular complexity index is 523. The summed E-state index contributed by atoms with van der Waals surface area (Å²) in [6, 6.07) is 1.54. The van der Waals surface area contributed by atoms with Crippen molar-refractivity contribution in [2.45, 2.75) is 38.1 Å². The molecule has 1 unspecified atom stereocenters. The molecule has 0 saturated heterocycles. The van der Waals surface area contributed by atoms with Gasteiger partial charge in [0.15, 0.2) is 0 Å². The number of amides is 1. The minimum absolute atomic E-state index is 0.00787. The Labute approximate surface area is 126 Å². The molecule has 1 aliphatic rings. The molecule has 4 N–H and O–H groups in total. The SMILES string of the molecule is NCC(NC(=O)c1c[nH]c(=O)c(Br)c1)C1CCCCC1. The zero-order valence-electron chi connectivity index (χ0n) is 11.3. The molecule has 1 aromatic rings. The van der Waals surface area contributed by atoms with Crippen LogP contribution in [0.3, 0.4) is 0 Å². The van der Waals surface area contributed by atoms with Crippen molar-refractivity contribution in [3.05, 3.63) is 32.7 Å². The van der Waals surface area contributed by atoms with Crippen LogP contribution in [0.25, 0.3) is 0 Å². The zero-order chi connectivity index (χ0) is 14.5. The number of nitrogens with two attached hydrogens (primary N) is 1. The molecule has 0 spiro atoms. The third kappa shape index (κ3) is 3.70. The highest BCUT2D eigenvalue weighted by Gasteiger charge is 2.24. The molecule has 1 atom stereocenters. The first kappa shape index (κ1) is 15.3. The first-order chi connectivity index (χ1) is 9.61. The molecule has 0 radical (unpaired) electrons. The molecule has 2 rings (SSSR count). The minimum Gasteiger partial charge on any atom is -0.348 e. The Kier molecular flexibility index (Phi) is 5.37. The molecule has 0 bridgehead atoms. The number of aromatic amines is 1. The monoisotopic (exact) mass is 341 g/mol. The van der Waals surface area contributed by atoms with E-state index in [1.165, 1.54) is 31.5 Å². The van der Waals surface area contributed by atoms with Gasteiger partial charge in [-0.1, -0.05) is 19.3 Å². The molecule has 1 fully saturated rings. The highest BCUT2D eigenvalue weighted by atomic mass is 79.9. The van der Waals surface area contributed by atoms with Crippen LogP contribution < -0.4 is 16.6 Å². The summed E-state index contributed by atoms with van der Waals surface area (Å²) >= 11 is 3.13. The normalized spacial score (nSPS) is 17.7. The van der Waals surface area contributed by atoms with Gasteiger partial charge in [-0.15, -0.1) is 0 Å². The number of hydrogen-bond acceptors (Lipinski definition) is 3. The molecule has 1 aliphatic carbocycles. The summed E-state index contributed by atoms with van der Waals surface area (Å²) in [5, 5.41) is 2.99. The lowest BCUT2D eigenvalue weighted by atomic mass is 9.84. The standard InChI is InChI=1S/C14H20BrN3O2/c15-11-6-10(8-17-14(11)20)13(19)18-12(7-16)9-4-2-1-3-5-9/h6,8-9,12H,1-5,7,16H2,(H,17,20)(H,18,19). The van der Waals surface area contributed by atoms with Crippen LogP contribution >= 0.6 is 15.9 Å². The number of carbonyl (C=O) groups excluding carboxylic acids is 1. The summed E-state index contributed by atoms with van der Waals surface area (Å²) in [7, 11) is 0. The van der Waals surface area contributed by atoms with Gasteiger partial charge in [-0.2, -0.15) is 0 Å². The van der Waals surface area contributed by atoms with Gasteiger partial charge in [0.1, 0.15) is 0 Å². The number of halogens is 1. The van der Waals surface area contributed by atoms with Crippen LogP contribution in [-0.4, -0.2) is 23.5 Å². The van der Waals surface area contributed by atoms with Gasteiger partial charge in [0, 0.05) is 18.8 Å². The van der Waals surface area contributed by atoms with Gasteiger partial charge in [0.2, 0.25) is 0 Å². The smallest absolute Gasteiger partial charge is 0.262 e. The largest absolute Gasteiger partial charge is 0.348 e. The van der Waals surface area contributed by atoms with Crippen molar-refractivity contribution in [1.29, 1.82) is 0 Å². The van der Waals surface area contributed by atoms with Crippen molar-refractivity contribution < 1.29 is 4.79 Å². The Balaban J connectivity index is 2.04. The van der Waals surface area contributed by atoms with Gasteiger partial charge in [0.05, 0.1) is 10.0 Å². The maximum Gasteiger partial charge on any atom is 0.262 e. The van der Waals surface area contributed by atoms with E-state index in [9.17, 15) is 9.59 Å². The molecule has 1 heterocycles. The van der Waals surface area contributed by atoms with Crippen molar-refractivity contribution in [2.24, 2.45) is 11.7 Å². The van der Waals surface area contributed by atoms with Gasteiger partial charge < -0.3 is 16.0 Å². The molecular weight excluding hydrogens is 322 g/mol. The van der Waals surface area contributed by atoms with Gasteiger partial charge >= 0.3 is 0 Å². The summed E-state index contributed by atoms with van der Waals surface area (Å²) in [5.74, 6) is 0.270. The number of H-pyrrole nitrogens is 1. The van der Waals surface area contributed by atoms with Crippen LogP contribution in [0.2, 0.25) is 0 Å².